The van der Waals surface area contributed by atoms with Gasteiger partial charge in [0.25, 0.3) is 0 Å². The van der Waals surface area contributed by atoms with Gasteiger partial charge >= 0.3 is 5.97 Å². The van der Waals surface area contributed by atoms with Crippen molar-refractivity contribution >= 4 is 11.9 Å². The van der Waals surface area contributed by atoms with E-state index in [1.807, 2.05) is 0 Å². The normalized spacial score (nSPS) is 21.3. The molecule has 1 saturated heterocycles. The zero-order valence-corrected chi connectivity index (χ0v) is 8.11. The molecule has 0 aromatic heterocycles. The minimum absolute atomic E-state index is 0.0403. The number of allylic oxidation sites excluding steroid dienone is 1. The summed E-state index contributed by atoms with van der Waals surface area (Å²) in [4.78, 5) is 23.6. The first-order valence-corrected chi connectivity index (χ1v) is 4.80. The van der Waals surface area contributed by atoms with Gasteiger partial charge in [-0.15, -0.1) is 6.58 Å². The third-order valence-electron chi connectivity index (χ3n) is 2.42. The molecule has 4 heteroatoms. The number of aliphatic carboxylic acids is 1. The number of nitrogens with zero attached hydrogens (tertiary/aromatic N) is 1. The third kappa shape index (κ3) is 2.34. The Balaban J connectivity index is 2.49. The van der Waals surface area contributed by atoms with Gasteiger partial charge in [0.2, 0.25) is 5.91 Å². The summed E-state index contributed by atoms with van der Waals surface area (Å²) < 4.78 is 0. The maximum absolute atomic E-state index is 11.3. The van der Waals surface area contributed by atoms with Gasteiger partial charge in [-0.05, 0) is 19.3 Å². The summed E-state index contributed by atoms with van der Waals surface area (Å²) in [5.74, 6) is -0.934. The van der Waals surface area contributed by atoms with E-state index in [1.54, 1.807) is 6.08 Å². The van der Waals surface area contributed by atoms with Crippen LogP contribution in [-0.2, 0) is 9.59 Å². The monoisotopic (exact) mass is 197 g/mol. The van der Waals surface area contributed by atoms with Gasteiger partial charge in [0.1, 0.15) is 6.04 Å². The Hall–Kier alpha value is -1.32. The largest absolute Gasteiger partial charge is 0.480 e. The molecule has 0 radical (unpaired) electrons. The predicted octanol–water partition coefficient (Wildman–Crippen LogP) is 1.03. The summed E-state index contributed by atoms with van der Waals surface area (Å²) in [5.41, 5.74) is 0. The van der Waals surface area contributed by atoms with E-state index in [9.17, 15) is 9.59 Å². The minimum atomic E-state index is -0.894. The van der Waals surface area contributed by atoms with Crippen LogP contribution in [0.5, 0.6) is 0 Å². The molecule has 0 bridgehead atoms. The quantitative estimate of drug-likeness (QED) is 0.529. The van der Waals surface area contributed by atoms with Crippen LogP contribution in [0.2, 0.25) is 0 Å². The van der Waals surface area contributed by atoms with E-state index in [1.165, 1.54) is 4.90 Å². The van der Waals surface area contributed by atoms with Crippen molar-refractivity contribution in [2.45, 2.75) is 31.7 Å². The molecule has 0 saturated carbocycles. The van der Waals surface area contributed by atoms with Gasteiger partial charge in [-0.2, -0.15) is 0 Å². The number of likely N-dealkylation sites (tertiary alicyclic amines) is 1. The first-order valence-electron chi connectivity index (χ1n) is 4.80. The van der Waals surface area contributed by atoms with Crippen molar-refractivity contribution < 1.29 is 14.7 Å². The van der Waals surface area contributed by atoms with Crippen LogP contribution < -0.4 is 0 Å². The molecule has 1 atom stereocenters. The zero-order valence-electron chi connectivity index (χ0n) is 8.11. The number of unbranched alkanes of at least 4 members (excludes halogenated alkanes) is 1. The van der Waals surface area contributed by atoms with E-state index in [0.717, 1.165) is 12.8 Å². The van der Waals surface area contributed by atoms with Crippen molar-refractivity contribution in [2.24, 2.45) is 0 Å². The average molecular weight is 197 g/mol. The van der Waals surface area contributed by atoms with Gasteiger partial charge in [-0.25, -0.2) is 4.79 Å². The summed E-state index contributed by atoms with van der Waals surface area (Å²) in [5, 5.41) is 8.84. The van der Waals surface area contributed by atoms with Gasteiger partial charge in [0, 0.05) is 13.0 Å². The molecule has 0 aromatic rings. The molecule has 0 spiro atoms. The highest BCUT2D eigenvalue weighted by Gasteiger charge is 2.35. The van der Waals surface area contributed by atoms with Crippen molar-refractivity contribution in [3.63, 3.8) is 0 Å². The van der Waals surface area contributed by atoms with Crippen LogP contribution in [0.3, 0.4) is 0 Å². The number of hydrogen-bond donors (Lipinski definition) is 1. The topological polar surface area (TPSA) is 57.6 Å². The van der Waals surface area contributed by atoms with Crippen LogP contribution in [0.4, 0.5) is 0 Å². The Morgan fingerprint density at radius 1 is 1.71 bits per heavy atom. The number of hydrogen-bond acceptors (Lipinski definition) is 2. The lowest BCUT2D eigenvalue weighted by Gasteiger charge is -2.20. The van der Waals surface area contributed by atoms with Gasteiger partial charge in [-0.1, -0.05) is 6.08 Å². The van der Waals surface area contributed by atoms with Gasteiger partial charge in [-0.3, -0.25) is 4.79 Å². The molecule has 0 aliphatic carbocycles. The highest BCUT2D eigenvalue weighted by Crippen LogP contribution is 2.19. The molecule has 78 valence electrons. The van der Waals surface area contributed by atoms with Gasteiger partial charge < -0.3 is 10.0 Å². The highest BCUT2D eigenvalue weighted by atomic mass is 16.4. The molecule has 1 fully saturated rings. The summed E-state index contributed by atoms with van der Waals surface area (Å²) in [7, 11) is 0. The standard InChI is InChI=1S/C10H15NO3/c1-2-3-4-7-11-8(10(13)14)5-6-9(11)12/h2,8H,1,3-7H2,(H,13,14). The molecular formula is C10H15NO3. The maximum Gasteiger partial charge on any atom is 0.326 e. The third-order valence-corrected chi connectivity index (χ3v) is 2.42. The molecule has 1 heterocycles. The lowest BCUT2D eigenvalue weighted by Crippen LogP contribution is -2.39. The molecule has 4 nitrogen and oxygen atoms in total. The van der Waals surface area contributed by atoms with Crippen LogP contribution >= 0.6 is 0 Å². The van der Waals surface area contributed by atoms with Gasteiger partial charge in [0.15, 0.2) is 0 Å². The second-order valence-corrected chi connectivity index (χ2v) is 3.41. The Morgan fingerprint density at radius 2 is 2.43 bits per heavy atom. The number of amides is 1. The fourth-order valence-corrected chi connectivity index (χ4v) is 1.68. The number of carboxylic acid groups (broad SMARTS) is 1. The van der Waals surface area contributed by atoms with E-state index in [2.05, 4.69) is 6.58 Å². The highest BCUT2D eigenvalue weighted by molar-refractivity contribution is 5.87. The second kappa shape index (κ2) is 4.79. The van der Waals surface area contributed by atoms with Crippen LogP contribution in [0.15, 0.2) is 12.7 Å². The summed E-state index contributed by atoms with van der Waals surface area (Å²) in [6.45, 7) is 4.11. The fraction of sp³-hybridized carbons (Fsp3) is 0.600. The Kier molecular flexibility index (Phi) is 3.68. The van der Waals surface area contributed by atoms with E-state index < -0.39 is 12.0 Å². The lowest BCUT2D eigenvalue weighted by atomic mass is 10.2. The number of carbonyl (C=O) groups excluding carboxylic acids is 1. The Labute approximate surface area is 83.2 Å². The Morgan fingerprint density at radius 3 is 3.00 bits per heavy atom. The van der Waals surface area contributed by atoms with E-state index >= 15 is 0 Å². The van der Waals surface area contributed by atoms with E-state index in [4.69, 9.17) is 5.11 Å². The van der Waals surface area contributed by atoms with Crippen molar-refractivity contribution in [1.82, 2.24) is 4.90 Å². The van der Waals surface area contributed by atoms with Crippen LogP contribution in [-0.4, -0.2) is 34.5 Å². The SMILES string of the molecule is C=CCCCN1C(=O)CCC1C(=O)O. The first kappa shape index (κ1) is 10.8. The molecule has 1 unspecified atom stereocenters. The second-order valence-electron chi connectivity index (χ2n) is 3.41. The predicted molar refractivity (Wildman–Crippen MR) is 51.8 cm³/mol. The molecular weight excluding hydrogens is 182 g/mol. The molecule has 1 rings (SSSR count). The van der Waals surface area contributed by atoms with Crippen LogP contribution in [0, 0.1) is 0 Å². The van der Waals surface area contributed by atoms with E-state index in [0.29, 0.717) is 19.4 Å². The molecule has 1 amide bonds. The molecule has 1 aliphatic heterocycles. The Bertz CT molecular complexity index is 250. The van der Waals surface area contributed by atoms with Crippen LogP contribution in [0.1, 0.15) is 25.7 Å². The van der Waals surface area contributed by atoms with Crippen molar-refractivity contribution in [1.29, 1.82) is 0 Å². The molecule has 1 aliphatic rings. The van der Waals surface area contributed by atoms with Crippen molar-refractivity contribution in [3.05, 3.63) is 12.7 Å². The first-order chi connectivity index (χ1) is 6.66. The number of carbonyl (C=O) groups is 2. The smallest absolute Gasteiger partial charge is 0.326 e. The van der Waals surface area contributed by atoms with Gasteiger partial charge in [0.05, 0.1) is 0 Å². The minimum Gasteiger partial charge on any atom is -0.480 e. The maximum atomic E-state index is 11.3. The van der Waals surface area contributed by atoms with Crippen LogP contribution in [0.25, 0.3) is 0 Å². The molecule has 14 heavy (non-hydrogen) atoms. The summed E-state index contributed by atoms with van der Waals surface area (Å²) in [6.07, 6.45) is 4.19. The summed E-state index contributed by atoms with van der Waals surface area (Å²) in [6, 6.07) is -0.604. The summed E-state index contributed by atoms with van der Waals surface area (Å²) >= 11 is 0. The zero-order chi connectivity index (χ0) is 10.6. The van der Waals surface area contributed by atoms with E-state index in [-0.39, 0.29) is 5.91 Å². The lowest BCUT2D eigenvalue weighted by molar-refractivity contribution is -0.146. The number of rotatable bonds is 5. The fourth-order valence-electron chi connectivity index (χ4n) is 1.68. The molecule has 1 N–H and O–H groups in total. The molecule has 0 aromatic carbocycles. The van der Waals surface area contributed by atoms with Crippen molar-refractivity contribution in [2.75, 3.05) is 6.54 Å². The number of carboxylic acids is 1. The van der Waals surface area contributed by atoms with Crippen molar-refractivity contribution in [3.8, 4) is 0 Å². The average Bonchev–Trinajstić information content (AvgIpc) is 2.48.